The summed E-state index contributed by atoms with van der Waals surface area (Å²) in [5, 5.41) is 19.0. The topological polar surface area (TPSA) is 105 Å². The van der Waals surface area contributed by atoms with Crippen LogP contribution >= 0.6 is 11.6 Å². The number of alkyl halides is 1. The Morgan fingerprint density at radius 2 is 1.68 bits per heavy atom. The number of nitriles is 2. The van der Waals surface area contributed by atoms with E-state index in [4.69, 9.17) is 31.5 Å². The third-order valence-electron chi connectivity index (χ3n) is 9.47. The van der Waals surface area contributed by atoms with Gasteiger partial charge in [0.15, 0.2) is 0 Å². The van der Waals surface area contributed by atoms with Crippen LogP contribution in [0.2, 0.25) is 5.02 Å². The maximum Gasteiger partial charge on any atom is 0.142 e. The van der Waals surface area contributed by atoms with Crippen LogP contribution in [0.15, 0.2) is 60.7 Å². The van der Waals surface area contributed by atoms with Crippen molar-refractivity contribution in [3.8, 4) is 40.5 Å². The smallest absolute Gasteiger partial charge is 0.142 e. The Labute approximate surface area is 296 Å². The highest BCUT2D eigenvalue weighted by molar-refractivity contribution is 6.32. The Morgan fingerprint density at radius 1 is 0.920 bits per heavy atom. The van der Waals surface area contributed by atoms with Gasteiger partial charge < -0.3 is 24.8 Å². The van der Waals surface area contributed by atoms with Gasteiger partial charge in [0, 0.05) is 37.8 Å². The van der Waals surface area contributed by atoms with Gasteiger partial charge in [0.05, 0.1) is 34.9 Å². The average Bonchev–Trinajstić information content (AvgIpc) is 3.52. The Balaban J connectivity index is 1.18. The molecular formula is C40H39ClF2N4O3. The number of fused-ring (bicyclic) bond motifs is 1. The third kappa shape index (κ3) is 8.03. The molecule has 0 bridgehead atoms. The molecule has 1 saturated heterocycles. The molecule has 1 unspecified atom stereocenters. The Hall–Kier alpha value is -4.67. The number of hydrogen-bond acceptors (Lipinski definition) is 7. The van der Waals surface area contributed by atoms with Crippen molar-refractivity contribution in [2.75, 3.05) is 26.2 Å². The number of ether oxygens (including phenoxy) is 3. The molecule has 0 aromatic heterocycles. The van der Waals surface area contributed by atoms with Crippen molar-refractivity contribution in [1.29, 1.82) is 10.5 Å². The molecule has 10 heteroatoms. The molecule has 1 aliphatic carbocycles. The van der Waals surface area contributed by atoms with E-state index in [1.54, 1.807) is 30.3 Å². The largest absolute Gasteiger partial charge is 0.493 e. The first kappa shape index (κ1) is 35.2. The molecule has 1 aliphatic heterocycles. The summed E-state index contributed by atoms with van der Waals surface area (Å²) in [5.41, 5.74) is 12.5. The predicted octanol–water partition coefficient (Wildman–Crippen LogP) is 8.50. The number of hydrogen-bond donors (Lipinski definition) is 1. The van der Waals surface area contributed by atoms with Crippen molar-refractivity contribution >= 4 is 11.6 Å². The normalized spacial score (nSPS) is 16.0. The van der Waals surface area contributed by atoms with Gasteiger partial charge in [-0.25, -0.2) is 8.78 Å². The molecule has 1 fully saturated rings. The van der Waals surface area contributed by atoms with Gasteiger partial charge in [-0.3, -0.25) is 0 Å². The minimum Gasteiger partial charge on any atom is -0.493 e. The molecule has 7 nitrogen and oxygen atoms in total. The molecule has 6 rings (SSSR count). The Morgan fingerprint density at radius 3 is 2.40 bits per heavy atom. The zero-order valence-corrected chi connectivity index (χ0v) is 28.7. The first-order valence-electron chi connectivity index (χ1n) is 16.9. The summed E-state index contributed by atoms with van der Waals surface area (Å²) in [6.45, 7) is 5.25. The van der Waals surface area contributed by atoms with Gasteiger partial charge in [0.1, 0.15) is 41.9 Å². The summed E-state index contributed by atoms with van der Waals surface area (Å²) < 4.78 is 47.5. The van der Waals surface area contributed by atoms with Crippen molar-refractivity contribution < 1.29 is 23.0 Å². The van der Waals surface area contributed by atoms with Gasteiger partial charge in [0.25, 0.3) is 0 Å². The minimum absolute atomic E-state index is 0.0977. The standard InChI is InChI=1S/C40H39ClF2N4O3/c1-25-32(4-2-5-37(25)48-13-3-10-47-11-8-30(42)9-12-47)34-18-31(43)19-35-33(34)6-7-38(35)50-40-20-39(29(23-46)17-36(40)41)49-24-28-15-26(21-44)14-27(16-28)22-45/h2,4-5,14-20,30,38H,3,6-13,23-24,46H2,1H3. The molecule has 258 valence electrons. The van der Waals surface area contributed by atoms with Crippen molar-refractivity contribution in [3.63, 3.8) is 0 Å². The molecule has 0 amide bonds. The molecule has 0 spiro atoms. The van der Waals surface area contributed by atoms with E-state index in [0.29, 0.717) is 71.1 Å². The average molecular weight is 697 g/mol. The van der Waals surface area contributed by atoms with Crippen LogP contribution in [-0.4, -0.2) is 37.3 Å². The fourth-order valence-corrected chi connectivity index (χ4v) is 7.09. The van der Waals surface area contributed by atoms with Gasteiger partial charge in [-0.2, -0.15) is 10.5 Å². The minimum atomic E-state index is -0.681. The highest BCUT2D eigenvalue weighted by Gasteiger charge is 2.29. The third-order valence-corrected chi connectivity index (χ3v) is 9.77. The fourth-order valence-electron chi connectivity index (χ4n) is 6.85. The zero-order valence-electron chi connectivity index (χ0n) is 28.0. The van der Waals surface area contributed by atoms with Crippen LogP contribution in [0.25, 0.3) is 11.1 Å². The predicted molar refractivity (Wildman–Crippen MR) is 188 cm³/mol. The first-order chi connectivity index (χ1) is 24.3. The molecule has 4 aromatic rings. The lowest BCUT2D eigenvalue weighted by molar-refractivity contribution is 0.143. The number of piperidine rings is 1. The molecule has 50 heavy (non-hydrogen) atoms. The fraction of sp³-hybridized carbons (Fsp3) is 0.350. The van der Waals surface area contributed by atoms with E-state index in [9.17, 15) is 14.9 Å². The molecule has 0 radical (unpaired) electrons. The lowest BCUT2D eigenvalue weighted by Gasteiger charge is -2.28. The van der Waals surface area contributed by atoms with Crippen molar-refractivity contribution in [1.82, 2.24) is 4.90 Å². The van der Waals surface area contributed by atoms with E-state index in [1.165, 1.54) is 12.1 Å². The second-order valence-electron chi connectivity index (χ2n) is 12.8. The number of halogens is 3. The second kappa shape index (κ2) is 15.9. The van der Waals surface area contributed by atoms with Gasteiger partial charge >= 0.3 is 0 Å². The lowest BCUT2D eigenvalue weighted by Crippen LogP contribution is -2.35. The van der Waals surface area contributed by atoms with E-state index >= 15 is 4.39 Å². The number of nitrogens with two attached hydrogens (primary N) is 1. The number of rotatable bonds is 12. The van der Waals surface area contributed by atoms with E-state index in [2.05, 4.69) is 17.0 Å². The van der Waals surface area contributed by atoms with Crippen molar-refractivity contribution in [2.24, 2.45) is 5.73 Å². The van der Waals surface area contributed by atoms with Gasteiger partial charge in [-0.05, 0) is 115 Å². The van der Waals surface area contributed by atoms with Crippen LogP contribution in [-0.2, 0) is 19.6 Å². The van der Waals surface area contributed by atoms with E-state index in [-0.39, 0.29) is 19.0 Å². The van der Waals surface area contributed by atoms with Crippen molar-refractivity contribution in [2.45, 2.75) is 64.5 Å². The summed E-state index contributed by atoms with van der Waals surface area (Å²) in [6, 6.07) is 21.4. The van der Waals surface area contributed by atoms with Crippen LogP contribution in [0.5, 0.6) is 17.2 Å². The molecule has 0 saturated carbocycles. The van der Waals surface area contributed by atoms with Crippen LogP contribution in [0, 0.1) is 35.4 Å². The molecular weight excluding hydrogens is 658 g/mol. The highest BCUT2D eigenvalue weighted by atomic mass is 35.5. The van der Waals surface area contributed by atoms with E-state index < -0.39 is 12.3 Å². The summed E-state index contributed by atoms with van der Waals surface area (Å²) in [4.78, 5) is 2.29. The van der Waals surface area contributed by atoms with Gasteiger partial charge in [-0.15, -0.1) is 0 Å². The summed E-state index contributed by atoms with van der Waals surface area (Å²) >= 11 is 6.67. The van der Waals surface area contributed by atoms with Crippen LogP contribution in [0.3, 0.4) is 0 Å². The number of benzene rings is 4. The summed E-state index contributed by atoms with van der Waals surface area (Å²) in [7, 11) is 0. The monoisotopic (exact) mass is 696 g/mol. The molecule has 2 N–H and O–H groups in total. The summed E-state index contributed by atoms with van der Waals surface area (Å²) in [6.07, 6.45) is 2.23. The molecule has 2 aliphatic rings. The maximum atomic E-state index is 15.3. The quantitative estimate of drug-likeness (QED) is 0.148. The van der Waals surface area contributed by atoms with Crippen LogP contribution < -0.4 is 19.9 Å². The van der Waals surface area contributed by atoms with E-state index in [1.807, 2.05) is 25.1 Å². The maximum absolute atomic E-state index is 15.3. The van der Waals surface area contributed by atoms with Crippen LogP contribution in [0.4, 0.5) is 8.78 Å². The lowest BCUT2D eigenvalue weighted by atomic mass is 9.93. The molecule has 4 aromatic carbocycles. The summed E-state index contributed by atoms with van der Waals surface area (Å²) in [5.74, 6) is 1.24. The highest BCUT2D eigenvalue weighted by Crippen LogP contribution is 2.44. The number of nitrogens with zero attached hydrogens (tertiary/aromatic N) is 3. The van der Waals surface area contributed by atoms with Gasteiger partial charge in [0.2, 0.25) is 0 Å². The van der Waals surface area contributed by atoms with Crippen LogP contribution in [0.1, 0.15) is 70.7 Å². The van der Waals surface area contributed by atoms with Crippen molar-refractivity contribution in [3.05, 3.63) is 110 Å². The molecule has 1 heterocycles. The SMILES string of the molecule is Cc1c(OCCCN2CCC(F)CC2)cccc1-c1cc(F)cc2c1CCC2Oc1cc(OCc2cc(C#N)cc(C#N)c2)c(CN)cc1Cl. The van der Waals surface area contributed by atoms with E-state index in [0.717, 1.165) is 59.6 Å². The Bertz CT molecular complexity index is 1920. The molecule has 1 atom stereocenters. The number of likely N-dealkylation sites (tertiary alicyclic amines) is 1. The second-order valence-corrected chi connectivity index (χ2v) is 13.2. The first-order valence-corrected chi connectivity index (χ1v) is 17.3. The Kier molecular flexibility index (Phi) is 11.2. The zero-order chi connectivity index (χ0) is 35.2. The van der Waals surface area contributed by atoms with Gasteiger partial charge in [-0.1, -0.05) is 23.7 Å².